The fourth-order valence-electron chi connectivity index (χ4n) is 3.56. The number of furan rings is 1. The molecule has 9 nitrogen and oxygen atoms in total. The minimum absolute atomic E-state index is 0.0739. The third kappa shape index (κ3) is 5.42. The Morgan fingerprint density at radius 1 is 1.03 bits per heavy atom. The number of nitrogens with one attached hydrogen (secondary N) is 2. The van der Waals surface area contributed by atoms with Crippen molar-refractivity contribution < 1.29 is 28.3 Å². The summed E-state index contributed by atoms with van der Waals surface area (Å²) in [4.78, 5) is 39.4. The zero-order valence-electron chi connectivity index (χ0n) is 19.1. The summed E-state index contributed by atoms with van der Waals surface area (Å²) in [5, 5.41) is 14.6. The first-order chi connectivity index (χ1) is 17.5. The number of amides is 2. The Morgan fingerprint density at radius 3 is 2.50 bits per heavy atom. The number of rotatable bonds is 8. The van der Waals surface area contributed by atoms with Crippen molar-refractivity contribution in [2.45, 2.75) is 22.8 Å². The molecule has 0 saturated carbocycles. The second kappa shape index (κ2) is 11.3. The molecule has 0 fully saturated rings. The third-order valence-corrected chi connectivity index (χ3v) is 6.31. The van der Waals surface area contributed by atoms with Gasteiger partial charge < -0.3 is 24.5 Å². The van der Waals surface area contributed by atoms with Gasteiger partial charge in [0, 0.05) is 9.79 Å². The average molecular weight is 504 g/mol. The lowest BCUT2D eigenvalue weighted by Gasteiger charge is -2.27. The smallest absolute Gasteiger partial charge is 0.339 e. The number of nitrogens with zero attached hydrogens (tertiary/aromatic N) is 1. The van der Waals surface area contributed by atoms with Crippen molar-refractivity contribution in [3.05, 3.63) is 95.1 Å². The van der Waals surface area contributed by atoms with E-state index in [9.17, 15) is 19.6 Å². The van der Waals surface area contributed by atoms with Gasteiger partial charge in [-0.2, -0.15) is 5.26 Å². The summed E-state index contributed by atoms with van der Waals surface area (Å²) in [5.41, 5.74) is 0.921. The van der Waals surface area contributed by atoms with Crippen LogP contribution in [-0.4, -0.2) is 31.2 Å². The van der Waals surface area contributed by atoms with Crippen molar-refractivity contribution in [1.29, 1.82) is 5.26 Å². The van der Waals surface area contributed by atoms with Crippen LogP contribution in [0.4, 0.5) is 4.79 Å². The molecule has 2 heterocycles. The van der Waals surface area contributed by atoms with Crippen molar-refractivity contribution in [3.63, 3.8) is 0 Å². The fourth-order valence-corrected chi connectivity index (χ4v) is 4.57. The van der Waals surface area contributed by atoms with Crippen LogP contribution in [0.3, 0.4) is 0 Å². The first-order valence-electron chi connectivity index (χ1n) is 11.0. The molecule has 2 amide bonds. The number of carbonyl (C=O) groups excluding carboxylic acids is 3. The predicted octanol–water partition coefficient (Wildman–Crippen LogP) is 4.33. The van der Waals surface area contributed by atoms with Crippen LogP contribution in [0.5, 0.6) is 0 Å². The number of ether oxygens (including phenoxy) is 2. The molecule has 10 heteroatoms. The minimum atomic E-state index is -0.910. The maximum absolute atomic E-state index is 13.1. The van der Waals surface area contributed by atoms with Gasteiger partial charge >= 0.3 is 18.0 Å². The summed E-state index contributed by atoms with van der Waals surface area (Å²) >= 11 is 1.26. The van der Waals surface area contributed by atoms with Crippen LogP contribution in [-0.2, 0) is 14.3 Å². The number of esters is 2. The van der Waals surface area contributed by atoms with Gasteiger partial charge in [-0.3, -0.25) is 0 Å². The standard InChI is InChI=1S/C26H21N3O6S/c1-2-33-25(31)22-18(28-26(32)29-23(22)19-10-7-13-34-19)15-35-24(30)17-9-4-6-12-21(17)36-20-11-5-3-8-16(20)14-27/h3-13,23H,2,15H2,1H3,(H2,28,29,32). The number of hydrogen-bond acceptors (Lipinski definition) is 8. The number of benzene rings is 2. The Balaban J connectivity index is 1.60. The SMILES string of the molecule is CCOC(=O)C1=C(COC(=O)c2ccccc2Sc2ccccc2C#N)NC(=O)NC1c1ccco1. The van der Waals surface area contributed by atoms with E-state index in [1.807, 2.05) is 6.07 Å². The van der Waals surface area contributed by atoms with Crippen LogP contribution in [0.25, 0.3) is 0 Å². The Hall–Kier alpha value is -4.49. The maximum atomic E-state index is 13.1. The molecular weight excluding hydrogens is 482 g/mol. The number of urea groups is 1. The molecule has 4 rings (SSSR count). The summed E-state index contributed by atoms with van der Waals surface area (Å²) in [7, 11) is 0. The zero-order valence-corrected chi connectivity index (χ0v) is 20.0. The molecule has 2 aromatic carbocycles. The molecule has 0 saturated heterocycles. The molecule has 1 aliphatic rings. The second-order valence-corrected chi connectivity index (χ2v) is 8.53. The minimum Gasteiger partial charge on any atom is -0.467 e. The Bertz CT molecular complexity index is 1360. The second-order valence-electron chi connectivity index (χ2n) is 7.44. The van der Waals surface area contributed by atoms with E-state index in [4.69, 9.17) is 13.9 Å². The molecule has 1 aliphatic heterocycles. The van der Waals surface area contributed by atoms with Gasteiger partial charge in [0.25, 0.3) is 0 Å². The van der Waals surface area contributed by atoms with E-state index in [1.165, 1.54) is 18.0 Å². The van der Waals surface area contributed by atoms with E-state index in [1.54, 1.807) is 61.5 Å². The van der Waals surface area contributed by atoms with Crippen LogP contribution in [0, 0.1) is 11.3 Å². The highest BCUT2D eigenvalue weighted by Gasteiger charge is 2.35. The largest absolute Gasteiger partial charge is 0.467 e. The van der Waals surface area contributed by atoms with E-state index in [2.05, 4.69) is 16.7 Å². The summed E-state index contributed by atoms with van der Waals surface area (Å²) in [6, 6.07) is 17.8. The first-order valence-corrected chi connectivity index (χ1v) is 11.8. The topological polar surface area (TPSA) is 131 Å². The first kappa shape index (κ1) is 24.6. The van der Waals surface area contributed by atoms with Crippen molar-refractivity contribution in [2.24, 2.45) is 0 Å². The van der Waals surface area contributed by atoms with Crippen molar-refractivity contribution >= 4 is 29.7 Å². The van der Waals surface area contributed by atoms with Gasteiger partial charge in [0.2, 0.25) is 0 Å². The van der Waals surface area contributed by atoms with Crippen molar-refractivity contribution in [3.8, 4) is 6.07 Å². The molecule has 3 aromatic rings. The van der Waals surface area contributed by atoms with Crippen LogP contribution in [0.15, 0.2) is 92.4 Å². The molecular formula is C26H21N3O6S. The Morgan fingerprint density at radius 2 is 1.78 bits per heavy atom. The Labute approximate surface area is 211 Å². The quantitative estimate of drug-likeness (QED) is 0.434. The molecule has 2 N–H and O–H groups in total. The van der Waals surface area contributed by atoms with E-state index in [0.29, 0.717) is 21.1 Å². The molecule has 1 aromatic heterocycles. The summed E-state index contributed by atoms with van der Waals surface area (Å²) in [6.45, 7) is 1.39. The van der Waals surface area contributed by atoms with Crippen LogP contribution in [0.1, 0.15) is 34.6 Å². The van der Waals surface area contributed by atoms with Crippen LogP contribution < -0.4 is 10.6 Å². The summed E-state index contributed by atoms with van der Waals surface area (Å²) < 4.78 is 16.1. The summed E-state index contributed by atoms with van der Waals surface area (Å²) in [6.07, 6.45) is 1.42. The van der Waals surface area contributed by atoms with Gasteiger partial charge in [0.15, 0.2) is 0 Å². The van der Waals surface area contributed by atoms with Gasteiger partial charge in [-0.25, -0.2) is 14.4 Å². The molecule has 0 bridgehead atoms. The average Bonchev–Trinajstić information content (AvgIpc) is 3.43. The normalized spacial score (nSPS) is 14.9. The predicted molar refractivity (Wildman–Crippen MR) is 129 cm³/mol. The van der Waals surface area contributed by atoms with Crippen LogP contribution >= 0.6 is 11.8 Å². The molecule has 0 spiro atoms. The third-order valence-electron chi connectivity index (χ3n) is 5.16. The maximum Gasteiger partial charge on any atom is 0.339 e. The molecule has 1 atom stereocenters. The highest BCUT2D eigenvalue weighted by atomic mass is 32.2. The molecule has 1 unspecified atom stereocenters. The molecule has 36 heavy (non-hydrogen) atoms. The lowest BCUT2D eigenvalue weighted by atomic mass is 10.0. The number of carbonyl (C=O) groups is 3. The number of nitriles is 1. The van der Waals surface area contributed by atoms with Crippen LogP contribution in [0.2, 0.25) is 0 Å². The summed E-state index contributed by atoms with van der Waals surface area (Å²) in [5.74, 6) is -1.01. The van der Waals surface area contributed by atoms with Gasteiger partial charge in [0.1, 0.15) is 24.5 Å². The van der Waals surface area contributed by atoms with Gasteiger partial charge in [-0.05, 0) is 43.3 Å². The molecule has 0 aliphatic carbocycles. The van der Waals surface area contributed by atoms with E-state index in [0.717, 1.165) is 0 Å². The number of hydrogen-bond donors (Lipinski definition) is 2. The lowest BCUT2D eigenvalue weighted by Crippen LogP contribution is -2.47. The van der Waals surface area contributed by atoms with Gasteiger partial charge in [0.05, 0.1) is 35.3 Å². The monoisotopic (exact) mass is 503 g/mol. The van der Waals surface area contributed by atoms with Crippen molar-refractivity contribution in [1.82, 2.24) is 10.6 Å². The highest BCUT2D eigenvalue weighted by molar-refractivity contribution is 7.99. The van der Waals surface area contributed by atoms with Gasteiger partial charge in [-0.1, -0.05) is 36.0 Å². The molecule has 0 radical (unpaired) electrons. The van der Waals surface area contributed by atoms with E-state index < -0.39 is 24.0 Å². The van der Waals surface area contributed by atoms with Crippen molar-refractivity contribution in [2.75, 3.05) is 13.2 Å². The Kier molecular flexibility index (Phi) is 7.72. The lowest BCUT2D eigenvalue weighted by molar-refractivity contribution is -0.139. The fraction of sp³-hybridized carbons (Fsp3) is 0.154. The van der Waals surface area contributed by atoms with Gasteiger partial charge in [-0.15, -0.1) is 0 Å². The highest BCUT2D eigenvalue weighted by Crippen LogP contribution is 2.33. The molecule has 182 valence electrons. The van der Waals surface area contributed by atoms with E-state index >= 15 is 0 Å². The zero-order chi connectivity index (χ0) is 25.5. The van der Waals surface area contributed by atoms with E-state index in [-0.39, 0.29) is 30.0 Å².